The van der Waals surface area contributed by atoms with Gasteiger partial charge in [0.1, 0.15) is 11.6 Å². The summed E-state index contributed by atoms with van der Waals surface area (Å²) in [4.78, 5) is 69.1. The molecular formula is C40H46N8O6. The number of carboxylic acid groups (broad SMARTS) is 2. The number of imide groups is 2. The second-order valence-corrected chi connectivity index (χ2v) is 15.0. The molecule has 0 bridgehead atoms. The van der Waals surface area contributed by atoms with Crippen LogP contribution in [0.2, 0.25) is 0 Å². The summed E-state index contributed by atoms with van der Waals surface area (Å²) in [6.45, 7) is 9.05. The monoisotopic (exact) mass is 734 g/mol. The molecule has 14 heteroatoms. The van der Waals surface area contributed by atoms with Crippen molar-refractivity contribution in [2.24, 2.45) is 11.8 Å². The van der Waals surface area contributed by atoms with E-state index >= 15 is 0 Å². The maximum Gasteiger partial charge on any atom is 0.411 e. The Labute approximate surface area is 312 Å². The predicted octanol–water partition coefficient (Wildman–Crippen LogP) is 6.68. The number of carbonyl (C=O) groups excluding carboxylic acids is 2. The van der Waals surface area contributed by atoms with Crippen LogP contribution >= 0.6 is 0 Å². The van der Waals surface area contributed by atoms with Crippen molar-refractivity contribution in [1.82, 2.24) is 40.4 Å². The molecule has 7 rings (SSSR count). The van der Waals surface area contributed by atoms with E-state index in [1.807, 2.05) is 50.5 Å². The molecule has 0 radical (unpaired) electrons. The zero-order valence-corrected chi connectivity index (χ0v) is 30.8. The fourth-order valence-corrected chi connectivity index (χ4v) is 8.44. The van der Waals surface area contributed by atoms with E-state index in [9.17, 15) is 29.4 Å². The second kappa shape index (κ2) is 15.0. The molecule has 5 aromatic rings. The van der Waals surface area contributed by atoms with Gasteiger partial charge in [-0.3, -0.25) is 30.0 Å². The highest BCUT2D eigenvalue weighted by Crippen LogP contribution is 2.37. The second-order valence-electron chi connectivity index (χ2n) is 15.0. The van der Waals surface area contributed by atoms with Crippen molar-refractivity contribution in [3.8, 4) is 22.3 Å². The quantitative estimate of drug-likeness (QED) is 0.0900. The first-order chi connectivity index (χ1) is 25.9. The molecule has 2 aliphatic rings. The van der Waals surface area contributed by atoms with E-state index in [1.54, 1.807) is 0 Å². The molecule has 2 fully saturated rings. The van der Waals surface area contributed by atoms with Crippen LogP contribution in [0.4, 0.5) is 9.59 Å². The average Bonchev–Trinajstić information content (AvgIpc) is 3.93. The molecule has 0 saturated carbocycles. The van der Waals surface area contributed by atoms with E-state index in [-0.39, 0.29) is 23.9 Å². The van der Waals surface area contributed by atoms with Crippen LogP contribution in [0.15, 0.2) is 60.7 Å². The molecule has 2 unspecified atom stereocenters. The SMILES string of the molecule is CC(C)[C@@H](C(=O)NC(=O)O)N1CCCC1c1nc2cc(-c3ccc(-c4ccc5[nH]c(C6CCCN6[C@H](C(=O)NC(=O)O)C(C)C)nc5c4)cc3)ccc2[nH]1. The van der Waals surface area contributed by atoms with Crippen molar-refractivity contribution < 1.29 is 29.4 Å². The first kappa shape index (κ1) is 36.7. The van der Waals surface area contributed by atoms with Crippen molar-refractivity contribution in [2.75, 3.05) is 13.1 Å². The zero-order chi connectivity index (χ0) is 38.3. The van der Waals surface area contributed by atoms with Gasteiger partial charge in [-0.25, -0.2) is 19.6 Å². The summed E-state index contributed by atoms with van der Waals surface area (Å²) < 4.78 is 0. The normalized spacial score (nSPS) is 19.1. The minimum atomic E-state index is -1.35. The van der Waals surface area contributed by atoms with Crippen LogP contribution in [0.5, 0.6) is 0 Å². The molecule has 4 heterocycles. The van der Waals surface area contributed by atoms with Crippen LogP contribution in [0, 0.1) is 11.8 Å². The van der Waals surface area contributed by atoms with Gasteiger partial charge in [0.25, 0.3) is 0 Å². The number of amides is 4. The summed E-state index contributed by atoms with van der Waals surface area (Å²) in [6.07, 6.45) is 0.687. The molecule has 0 spiro atoms. The van der Waals surface area contributed by atoms with Crippen LogP contribution in [0.25, 0.3) is 44.3 Å². The largest absolute Gasteiger partial charge is 0.465 e. The number of nitrogens with one attached hydrogen (secondary N) is 4. The Morgan fingerprint density at radius 3 is 1.35 bits per heavy atom. The van der Waals surface area contributed by atoms with Gasteiger partial charge in [-0.05, 0) is 97.1 Å². The molecule has 14 nitrogen and oxygen atoms in total. The van der Waals surface area contributed by atoms with Gasteiger partial charge in [0.15, 0.2) is 0 Å². The Morgan fingerprint density at radius 2 is 1.00 bits per heavy atom. The lowest BCUT2D eigenvalue weighted by Gasteiger charge is -2.33. The number of fused-ring (bicyclic) bond motifs is 2. The van der Waals surface area contributed by atoms with E-state index in [0.717, 1.165) is 81.7 Å². The average molecular weight is 735 g/mol. The molecule has 2 aliphatic heterocycles. The Bertz CT molecular complexity index is 2050. The third kappa shape index (κ3) is 7.31. The third-order valence-electron chi connectivity index (χ3n) is 10.7. The van der Waals surface area contributed by atoms with E-state index in [1.165, 1.54) is 0 Å². The lowest BCUT2D eigenvalue weighted by atomic mass is 10.00. The Hall–Kier alpha value is -5.60. The van der Waals surface area contributed by atoms with Gasteiger partial charge in [0, 0.05) is 0 Å². The summed E-state index contributed by atoms with van der Waals surface area (Å²) in [6, 6.07) is 19.2. The van der Waals surface area contributed by atoms with Gasteiger partial charge in [0.05, 0.1) is 46.2 Å². The smallest absolute Gasteiger partial charge is 0.411 e. The highest BCUT2D eigenvalue weighted by atomic mass is 16.4. The third-order valence-corrected chi connectivity index (χ3v) is 10.7. The topological polar surface area (TPSA) is 197 Å². The number of likely N-dealkylation sites (tertiary alicyclic amines) is 2. The number of imidazole rings is 2. The first-order valence-electron chi connectivity index (χ1n) is 18.6. The molecule has 4 atom stereocenters. The van der Waals surface area contributed by atoms with E-state index < -0.39 is 36.1 Å². The van der Waals surface area contributed by atoms with Crippen LogP contribution in [-0.4, -0.2) is 89.1 Å². The number of H-pyrrole nitrogens is 2. The van der Waals surface area contributed by atoms with Gasteiger partial charge in [-0.15, -0.1) is 0 Å². The fourth-order valence-electron chi connectivity index (χ4n) is 8.44. The zero-order valence-electron chi connectivity index (χ0n) is 30.8. The summed E-state index contributed by atoms with van der Waals surface area (Å²) in [7, 11) is 0. The molecule has 3 aromatic carbocycles. The standard InChI is InChI=1S/C40H46N8O6/c1-21(2)33(37(49)45-39(51)52)47-17-5-7-31(47)35-41-27-15-13-25(19-29(27)43-35)23-9-11-24(12-10-23)26-14-16-28-30(20-26)44-36(42-28)32-8-6-18-48(32)34(22(3)4)38(50)46-40(53)54/h9-16,19-22,31-34H,5-8,17-18H2,1-4H3,(H,41,43)(H,42,44)(H,45,49)(H,46,50)(H,51,52)(H,53,54)/t31?,32?,33-,34-/m0/s1. The van der Waals surface area contributed by atoms with E-state index in [4.69, 9.17) is 9.97 Å². The maximum atomic E-state index is 12.9. The molecular weight excluding hydrogens is 688 g/mol. The number of rotatable bonds is 10. The first-order valence-corrected chi connectivity index (χ1v) is 18.6. The lowest BCUT2D eigenvalue weighted by Crippen LogP contribution is -2.50. The number of nitrogens with zero attached hydrogens (tertiary/aromatic N) is 4. The molecule has 6 N–H and O–H groups in total. The number of aromatic amines is 2. The lowest BCUT2D eigenvalue weighted by molar-refractivity contribution is -0.128. The van der Waals surface area contributed by atoms with Gasteiger partial charge in [-0.1, -0.05) is 64.1 Å². The Balaban J connectivity index is 1.09. The minimum absolute atomic E-state index is 0.0859. The summed E-state index contributed by atoms with van der Waals surface area (Å²) >= 11 is 0. The summed E-state index contributed by atoms with van der Waals surface area (Å²) in [5.74, 6) is 0.335. The van der Waals surface area contributed by atoms with Gasteiger partial charge < -0.3 is 20.2 Å². The summed E-state index contributed by atoms with van der Waals surface area (Å²) in [5, 5.41) is 22.4. The fraction of sp³-hybridized carbons (Fsp3) is 0.400. The van der Waals surface area contributed by atoms with E-state index in [0.29, 0.717) is 13.1 Å². The van der Waals surface area contributed by atoms with Crippen molar-refractivity contribution in [3.05, 3.63) is 72.3 Å². The highest BCUT2D eigenvalue weighted by molar-refractivity contribution is 5.95. The van der Waals surface area contributed by atoms with Crippen LogP contribution in [0.3, 0.4) is 0 Å². The van der Waals surface area contributed by atoms with Crippen LogP contribution in [0.1, 0.15) is 77.1 Å². The predicted molar refractivity (Wildman–Crippen MR) is 204 cm³/mol. The Kier molecular flexibility index (Phi) is 10.2. The maximum absolute atomic E-state index is 12.9. The van der Waals surface area contributed by atoms with Crippen molar-refractivity contribution in [2.45, 2.75) is 77.5 Å². The number of hydrogen-bond donors (Lipinski definition) is 6. The summed E-state index contributed by atoms with van der Waals surface area (Å²) in [5.41, 5.74) is 7.52. The van der Waals surface area contributed by atoms with Crippen molar-refractivity contribution in [3.63, 3.8) is 0 Å². The molecule has 0 aliphatic carbocycles. The number of hydrogen-bond acceptors (Lipinski definition) is 8. The molecule has 4 amide bonds. The van der Waals surface area contributed by atoms with E-state index in [2.05, 4.69) is 68.3 Å². The minimum Gasteiger partial charge on any atom is -0.465 e. The molecule has 2 saturated heterocycles. The van der Waals surface area contributed by atoms with Crippen molar-refractivity contribution >= 4 is 46.1 Å². The van der Waals surface area contributed by atoms with Gasteiger partial charge in [-0.2, -0.15) is 0 Å². The highest BCUT2D eigenvalue weighted by Gasteiger charge is 2.40. The number of aromatic nitrogens is 4. The number of carbonyl (C=O) groups is 4. The van der Waals surface area contributed by atoms with Crippen molar-refractivity contribution in [1.29, 1.82) is 0 Å². The number of benzene rings is 3. The van der Waals surface area contributed by atoms with Crippen LogP contribution < -0.4 is 10.6 Å². The Morgan fingerprint density at radius 1 is 0.630 bits per heavy atom. The molecule has 54 heavy (non-hydrogen) atoms. The molecule has 282 valence electrons. The van der Waals surface area contributed by atoms with Gasteiger partial charge in [0.2, 0.25) is 11.8 Å². The van der Waals surface area contributed by atoms with Gasteiger partial charge >= 0.3 is 12.2 Å². The van der Waals surface area contributed by atoms with Crippen LogP contribution in [-0.2, 0) is 9.59 Å². The molecule has 2 aromatic heterocycles.